The van der Waals surface area contributed by atoms with Crippen LogP contribution in [0.15, 0.2) is 73.6 Å². The van der Waals surface area contributed by atoms with Crippen molar-refractivity contribution in [2.75, 3.05) is 0 Å². The van der Waals surface area contributed by atoms with Crippen LogP contribution in [0.1, 0.15) is 34.7 Å². The zero-order valence-electron chi connectivity index (χ0n) is 16.8. The van der Waals surface area contributed by atoms with Gasteiger partial charge in [0.1, 0.15) is 0 Å². The SMILES string of the molecule is N#CC1(C#N)C(c2cccnc2)NC(c2cccnc2)C(C#N)(C#N)C1c1cccnc1. The van der Waals surface area contributed by atoms with Gasteiger partial charge in [0.05, 0.1) is 42.3 Å². The second-order valence-electron chi connectivity index (χ2n) is 7.51. The minimum atomic E-state index is -1.80. The number of pyridine rings is 3. The van der Waals surface area contributed by atoms with Crippen molar-refractivity contribution in [3.63, 3.8) is 0 Å². The van der Waals surface area contributed by atoms with E-state index in [1.807, 2.05) is 0 Å². The fraction of sp³-hybridized carbons (Fsp3) is 0.208. The van der Waals surface area contributed by atoms with Gasteiger partial charge in [-0.15, -0.1) is 0 Å². The van der Waals surface area contributed by atoms with Gasteiger partial charge >= 0.3 is 0 Å². The average molecular weight is 416 g/mol. The van der Waals surface area contributed by atoms with Gasteiger partial charge in [-0.2, -0.15) is 21.0 Å². The van der Waals surface area contributed by atoms with Crippen LogP contribution in [0.5, 0.6) is 0 Å². The van der Waals surface area contributed by atoms with E-state index in [4.69, 9.17) is 0 Å². The highest BCUT2D eigenvalue weighted by molar-refractivity contribution is 5.48. The van der Waals surface area contributed by atoms with Crippen LogP contribution >= 0.6 is 0 Å². The first kappa shape index (κ1) is 20.6. The summed E-state index contributed by atoms with van der Waals surface area (Å²) in [5.74, 6) is -1.09. The molecule has 3 aromatic rings. The molecule has 4 heterocycles. The maximum absolute atomic E-state index is 10.4. The van der Waals surface area contributed by atoms with E-state index >= 15 is 0 Å². The summed E-state index contributed by atoms with van der Waals surface area (Å²) in [7, 11) is 0. The minimum absolute atomic E-state index is 0.461. The molecule has 0 saturated carbocycles. The smallest absolute Gasteiger partial charge is 0.172 e. The summed E-state index contributed by atoms with van der Waals surface area (Å²) in [5.41, 5.74) is -1.93. The largest absolute Gasteiger partial charge is 0.298 e. The van der Waals surface area contributed by atoms with Crippen molar-refractivity contribution >= 4 is 0 Å². The van der Waals surface area contributed by atoms with Crippen LogP contribution < -0.4 is 5.32 Å². The molecule has 0 spiro atoms. The van der Waals surface area contributed by atoms with Crippen molar-refractivity contribution in [2.24, 2.45) is 10.8 Å². The van der Waals surface area contributed by atoms with Crippen molar-refractivity contribution in [2.45, 2.75) is 18.0 Å². The molecule has 8 heteroatoms. The number of nitrogens with one attached hydrogen (secondary N) is 1. The van der Waals surface area contributed by atoms with Gasteiger partial charge in [-0.05, 0) is 34.9 Å². The Morgan fingerprint density at radius 1 is 0.625 bits per heavy atom. The molecule has 8 nitrogen and oxygen atoms in total. The molecular formula is C24H16N8. The van der Waals surface area contributed by atoms with E-state index in [0.717, 1.165) is 0 Å². The number of aromatic nitrogens is 3. The third kappa shape index (κ3) is 2.96. The molecule has 152 valence electrons. The van der Waals surface area contributed by atoms with Gasteiger partial charge in [0.25, 0.3) is 0 Å². The molecule has 0 aliphatic carbocycles. The summed E-state index contributed by atoms with van der Waals surface area (Å²) in [6.07, 6.45) is 9.41. The summed E-state index contributed by atoms with van der Waals surface area (Å²) < 4.78 is 0. The van der Waals surface area contributed by atoms with Gasteiger partial charge in [-0.1, -0.05) is 18.2 Å². The van der Waals surface area contributed by atoms with Crippen LogP contribution in [0.4, 0.5) is 0 Å². The lowest BCUT2D eigenvalue weighted by atomic mass is 9.52. The number of nitriles is 4. The maximum Gasteiger partial charge on any atom is 0.172 e. The lowest BCUT2D eigenvalue weighted by Crippen LogP contribution is -2.57. The molecule has 1 N–H and O–H groups in total. The van der Waals surface area contributed by atoms with E-state index in [-0.39, 0.29) is 0 Å². The third-order valence-electron chi connectivity index (χ3n) is 5.95. The van der Waals surface area contributed by atoms with Crippen molar-refractivity contribution in [3.8, 4) is 24.3 Å². The highest BCUT2D eigenvalue weighted by atomic mass is 15.0. The topological polar surface area (TPSA) is 146 Å². The summed E-state index contributed by atoms with van der Waals surface area (Å²) in [4.78, 5) is 12.4. The zero-order valence-corrected chi connectivity index (χ0v) is 16.8. The Hall–Kier alpha value is -4.63. The van der Waals surface area contributed by atoms with E-state index in [1.165, 1.54) is 6.20 Å². The van der Waals surface area contributed by atoms with Gasteiger partial charge in [-0.25, -0.2) is 0 Å². The van der Waals surface area contributed by atoms with Gasteiger partial charge in [0, 0.05) is 37.2 Å². The molecule has 2 atom stereocenters. The van der Waals surface area contributed by atoms with E-state index in [1.54, 1.807) is 67.4 Å². The Bertz CT molecular complexity index is 1150. The molecule has 4 rings (SSSR count). The Morgan fingerprint density at radius 3 is 1.31 bits per heavy atom. The van der Waals surface area contributed by atoms with E-state index in [9.17, 15) is 21.0 Å². The van der Waals surface area contributed by atoms with Gasteiger partial charge in [0.15, 0.2) is 10.8 Å². The first-order chi connectivity index (χ1) is 15.7. The molecule has 32 heavy (non-hydrogen) atoms. The first-order valence-electron chi connectivity index (χ1n) is 9.77. The van der Waals surface area contributed by atoms with Crippen molar-refractivity contribution < 1.29 is 0 Å². The van der Waals surface area contributed by atoms with E-state index < -0.39 is 28.8 Å². The normalized spacial score (nSPS) is 22.9. The molecule has 0 amide bonds. The van der Waals surface area contributed by atoms with Crippen LogP contribution in [-0.4, -0.2) is 15.0 Å². The lowest BCUT2D eigenvalue weighted by molar-refractivity contribution is 0.0992. The molecule has 1 fully saturated rings. The summed E-state index contributed by atoms with van der Waals surface area (Å²) in [6.45, 7) is 0. The number of hydrogen-bond acceptors (Lipinski definition) is 8. The van der Waals surface area contributed by atoms with Crippen LogP contribution in [0.2, 0.25) is 0 Å². The monoisotopic (exact) mass is 416 g/mol. The lowest BCUT2D eigenvalue weighted by Gasteiger charge is -2.51. The Balaban J connectivity index is 2.08. The van der Waals surface area contributed by atoms with Crippen molar-refractivity contribution in [1.82, 2.24) is 20.3 Å². The van der Waals surface area contributed by atoms with Crippen LogP contribution in [0.3, 0.4) is 0 Å². The van der Waals surface area contributed by atoms with Crippen LogP contribution in [-0.2, 0) is 0 Å². The molecule has 1 aliphatic rings. The van der Waals surface area contributed by atoms with Gasteiger partial charge in [0.2, 0.25) is 0 Å². The predicted molar refractivity (Wildman–Crippen MR) is 111 cm³/mol. The Kier molecular flexibility index (Phi) is 5.32. The van der Waals surface area contributed by atoms with Crippen molar-refractivity contribution in [1.29, 1.82) is 21.0 Å². The second kappa shape index (κ2) is 8.25. The number of piperidine rings is 1. The molecule has 0 bridgehead atoms. The maximum atomic E-state index is 10.4. The summed E-state index contributed by atoms with van der Waals surface area (Å²) >= 11 is 0. The average Bonchev–Trinajstić information content (AvgIpc) is 2.88. The van der Waals surface area contributed by atoms with Crippen LogP contribution in [0, 0.1) is 56.2 Å². The third-order valence-corrected chi connectivity index (χ3v) is 5.95. The first-order valence-corrected chi connectivity index (χ1v) is 9.77. The minimum Gasteiger partial charge on any atom is -0.298 e. The zero-order chi connectivity index (χ0) is 22.6. The molecule has 1 saturated heterocycles. The predicted octanol–water partition coefficient (Wildman–Crippen LogP) is 3.11. The molecule has 0 radical (unpaired) electrons. The van der Waals surface area contributed by atoms with Gasteiger partial charge in [-0.3, -0.25) is 20.3 Å². The summed E-state index contributed by atoms with van der Waals surface area (Å²) in [6, 6.07) is 17.3. The highest BCUT2D eigenvalue weighted by Crippen LogP contribution is 2.61. The van der Waals surface area contributed by atoms with Gasteiger partial charge < -0.3 is 0 Å². The fourth-order valence-corrected chi connectivity index (χ4v) is 4.57. The second-order valence-corrected chi connectivity index (χ2v) is 7.51. The number of nitrogens with zero attached hydrogens (tertiary/aromatic N) is 7. The van der Waals surface area contributed by atoms with E-state index in [2.05, 4.69) is 44.5 Å². The Labute approximate surface area is 185 Å². The standard InChI is InChI=1S/C24H16N8/c25-13-23(14-26)20(17-4-1-7-29-10-17)24(15-27,16-28)22(19-6-3-9-31-12-19)32-21(23)18-5-2-8-30-11-18/h1-12,20-22,32H. The number of rotatable bonds is 3. The van der Waals surface area contributed by atoms with E-state index in [0.29, 0.717) is 16.7 Å². The summed E-state index contributed by atoms with van der Waals surface area (Å²) in [5, 5.41) is 44.9. The highest BCUT2D eigenvalue weighted by Gasteiger charge is 2.66. The molecule has 0 aromatic carbocycles. The quantitative estimate of drug-likeness (QED) is 0.685. The molecular weight excluding hydrogens is 400 g/mol. The van der Waals surface area contributed by atoms with Crippen LogP contribution in [0.25, 0.3) is 0 Å². The van der Waals surface area contributed by atoms with Crippen molar-refractivity contribution in [3.05, 3.63) is 90.3 Å². The molecule has 1 aliphatic heterocycles. The number of hydrogen-bond donors (Lipinski definition) is 1. The molecule has 2 unspecified atom stereocenters. The fourth-order valence-electron chi connectivity index (χ4n) is 4.57. The molecule has 3 aromatic heterocycles. The Morgan fingerprint density at radius 2 is 1.00 bits per heavy atom.